The van der Waals surface area contributed by atoms with Gasteiger partial charge in [-0.05, 0) is 16.7 Å². The molecule has 0 fully saturated rings. The molecule has 0 aromatic carbocycles. The third-order valence-corrected chi connectivity index (χ3v) is 1.71. The van der Waals surface area contributed by atoms with E-state index >= 15 is 0 Å². The number of carbonyl (C=O) groups is 2. The lowest BCUT2D eigenvalue weighted by molar-refractivity contribution is -0.120. The molecule has 0 unspecified atom stereocenters. The van der Waals surface area contributed by atoms with Gasteiger partial charge < -0.3 is 16.4 Å². The molecule has 8 heteroatoms. The number of nitrogens with two attached hydrogens (primary N) is 1. The van der Waals surface area contributed by atoms with E-state index in [2.05, 4.69) is 25.6 Å². The van der Waals surface area contributed by atoms with Crippen LogP contribution in [0.3, 0.4) is 0 Å². The fraction of sp³-hybridized carbons (Fsp3) is 0.500. The predicted octanol–water partition coefficient (Wildman–Crippen LogP) is -1.09. The third kappa shape index (κ3) is 3.23. The van der Waals surface area contributed by atoms with Crippen LogP contribution in [-0.2, 0) is 4.79 Å². The summed E-state index contributed by atoms with van der Waals surface area (Å²) in [7, 11) is 0. The molecule has 0 aliphatic carbocycles. The van der Waals surface area contributed by atoms with Gasteiger partial charge in [0.1, 0.15) is 0 Å². The molecule has 2 amide bonds. The van der Waals surface area contributed by atoms with E-state index in [4.69, 9.17) is 5.73 Å². The van der Waals surface area contributed by atoms with E-state index < -0.39 is 5.91 Å². The van der Waals surface area contributed by atoms with Crippen LogP contribution in [0.25, 0.3) is 0 Å². The molecule has 0 radical (unpaired) electrons. The molecule has 88 valence electrons. The third-order valence-electron chi connectivity index (χ3n) is 1.71. The van der Waals surface area contributed by atoms with Crippen molar-refractivity contribution in [3.63, 3.8) is 0 Å². The minimum Gasteiger partial charge on any atom is -0.379 e. The van der Waals surface area contributed by atoms with Crippen LogP contribution in [-0.4, -0.2) is 35.2 Å². The molecule has 1 aromatic heterocycles. The number of hydrogen-bond donors (Lipinski definition) is 3. The second-order valence-electron chi connectivity index (χ2n) is 3.03. The zero-order valence-electron chi connectivity index (χ0n) is 8.82. The summed E-state index contributed by atoms with van der Waals surface area (Å²) in [5.41, 5.74) is 5.18. The van der Waals surface area contributed by atoms with Crippen LogP contribution < -0.4 is 16.4 Å². The largest absolute Gasteiger partial charge is 0.379 e. The van der Waals surface area contributed by atoms with Gasteiger partial charge in [-0.25, -0.2) is 4.63 Å². The van der Waals surface area contributed by atoms with Gasteiger partial charge in [-0.2, -0.15) is 0 Å². The zero-order valence-corrected chi connectivity index (χ0v) is 8.82. The number of amides is 2. The number of carbonyl (C=O) groups excluding carboxylic acids is 2. The molecule has 0 spiro atoms. The Balaban J connectivity index is 2.36. The summed E-state index contributed by atoms with van der Waals surface area (Å²) in [5.74, 6) is -0.970. The van der Waals surface area contributed by atoms with Gasteiger partial charge in [-0.3, -0.25) is 9.59 Å². The van der Waals surface area contributed by atoms with Crippen LogP contribution in [0.1, 0.15) is 23.8 Å². The standard InChI is InChI=1S/C8H13N5O3/c1-2-3-10-5(14)4-11-8(15)6-7(9)13-16-12-6/h2-4H2,1H3,(H2,9,13)(H,10,14)(H,11,15). The SMILES string of the molecule is CCCNC(=O)CNC(=O)c1nonc1N. The molecule has 0 aliphatic heterocycles. The average molecular weight is 227 g/mol. The summed E-state index contributed by atoms with van der Waals surface area (Å²) < 4.78 is 4.25. The van der Waals surface area contributed by atoms with Crippen LogP contribution in [0.2, 0.25) is 0 Å². The zero-order chi connectivity index (χ0) is 12.0. The summed E-state index contributed by atoms with van der Waals surface area (Å²) in [6, 6.07) is 0. The van der Waals surface area contributed by atoms with Crippen LogP contribution >= 0.6 is 0 Å². The van der Waals surface area contributed by atoms with Gasteiger partial charge in [0.15, 0.2) is 0 Å². The van der Waals surface area contributed by atoms with Crippen molar-refractivity contribution in [2.24, 2.45) is 0 Å². The van der Waals surface area contributed by atoms with E-state index in [-0.39, 0.29) is 24.0 Å². The Hall–Kier alpha value is -2.12. The maximum Gasteiger partial charge on any atom is 0.277 e. The molecule has 0 saturated heterocycles. The number of nitrogens with zero attached hydrogens (tertiary/aromatic N) is 2. The van der Waals surface area contributed by atoms with Crippen molar-refractivity contribution >= 4 is 17.6 Å². The highest BCUT2D eigenvalue weighted by Gasteiger charge is 2.16. The summed E-state index contributed by atoms with van der Waals surface area (Å²) in [6.07, 6.45) is 0.833. The van der Waals surface area contributed by atoms with Crippen LogP contribution in [0.5, 0.6) is 0 Å². The number of nitrogen functional groups attached to an aromatic ring is 1. The number of anilines is 1. The number of rotatable bonds is 5. The Morgan fingerprint density at radius 3 is 2.69 bits per heavy atom. The molecule has 1 aromatic rings. The molecular formula is C8H13N5O3. The lowest BCUT2D eigenvalue weighted by Crippen LogP contribution is -2.37. The highest BCUT2D eigenvalue weighted by molar-refractivity contribution is 5.97. The number of aromatic nitrogens is 2. The second-order valence-corrected chi connectivity index (χ2v) is 3.03. The van der Waals surface area contributed by atoms with Crippen molar-refractivity contribution in [1.82, 2.24) is 20.9 Å². The average Bonchev–Trinajstić information content (AvgIpc) is 2.69. The molecule has 16 heavy (non-hydrogen) atoms. The van der Waals surface area contributed by atoms with Gasteiger partial charge in [0, 0.05) is 6.54 Å². The van der Waals surface area contributed by atoms with Crippen LogP contribution in [0.15, 0.2) is 4.63 Å². The molecule has 1 rings (SSSR count). The van der Waals surface area contributed by atoms with Gasteiger partial charge in [-0.1, -0.05) is 6.92 Å². The van der Waals surface area contributed by atoms with E-state index in [9.17, 15) is 9.59 Å². The molecule has 0 atom stereocenters. The van der Waals surface area contributed by atoms with Gasteiger partial charge in [-0.15, -0.1) is 0 Å². The Labute approximate surface area is 91.5 Å². The predicted molar refractivity (Wildman–Crippen MR) is 54.3 cm³/mol. The summed E-state index contributed by atoms with van der Waals surface area (Å²) in [4.78, 5) is 22.5. The first-order valence-electron chi connectivity index (χ1n) is 4.78. The summed E-state index contributed by atoms with van der Waals surface area (Å²) in [5, 5.41) is 11.5. The topological polar surface area (TPSA) is 123 Å². The fourth-order valence-corrected chi connectivity index (χ4v) is 0.924. The van der Waals surface area contributed by atoms with E-state index in [1.165, 1.54) is 0 Å². The molecule has 0 bridgehead atoms. The Kier molecular flexibility index (Phi) is 4.25. The minimum absolute atomic E-state index is 0.105. The van der Waals surface area contributed by atoms with Gasteiger partial charge >= 0.3 is 0 Å². The number of hydrogen-bond acceptors (Lipinski definition) is 6. The molecule has 8 nitrogen and oxygen atoms in total. The molecule has 1 heterocycles. The fourth-order valence-electron chi connectivity index (χ4n) is 0.924. The van der Waals surface area contributed by atoms with Crippen molar-refractivity contribution < 1.29 is 14.2 Å². The van der Waals surface area contributed by atoms with Crippen molar-refractivity contribution in [3.8, 4) is 0 Å². The lowest BCUT2D eigenvalue weighted by Gasteiger charge is -2.03. The normalized spacial score (nSPS) is 9.81. The van der Waals surface area contributed by atoms with E-state index in [1.807, 2.05) is 6.92 Å². The minimum atomic E-state index is -0.592. The lowest BCUT2D eigenvalue weighted by atomic mass is 10.4. The molecule has 0 saturated carbocycles. The highest BCUT2D eigenvalue weighted by atomic mass is 16.6. The highest BCUT2D eigenvalue weighted by Crippen LogP contribution is 2.02. The van der Waals surface area contributed by atoms with Gasteiger partial charge in [0.05, 0.1) is 6.54 Å². The van der Waals surface area contributed by atoms with Gasteiger partial charge in [0.25, 0.3) is 5.91 Å². The number of nitrogens with one attached hydrogen (secondary N) is 2. The van der Waals surface area contributed by atoms with Crippen molar-refractivity contribution in [2.75, 3.05) is 18.8 Å². The van der Waals surface area contributed by atoms with E-state index in [1.54, 1.807) is 0 Å². The Morgan fingerprint density at radius 1 is 1.38 bits per heavy atom. The Bertz CT molecular complexity index is 376. The first kappa shape index (κ1) is 12.0. The van der Waals surface area contributed by atoms with Crippen molar-refractivity contribution in [1.29, 1.82) is 0 Å². The maximum absolute atomic E-state index is 11.4. The second kappa shape index (κ2) is 5.69. The monoisotopic (exact) mass is 227 g/mol. The summed E-state index contributed by atoms with van der Waals surface area (Å²) >= 11 is 0. The van der Waals surface area contributed by atoms with E-state index in [0.29, 0.717) is 6.54 Å². The van der Waals surface area contributed by atoms with Crippen molar-refractivity contribution in [3.05, 3.63) is 5.69 Å². The smallest absolute Gasteiger partial charge is 0.277 e. The van der Waals surface area contributed by atoms with E-state index in [0.717, 1.165) is 6.42 Å². The molecule has 0 aliphatic rings. The van der Waals surface area contributed by atoms with Gasteiger partial charge in [0.2, 0.25) is 17.4 Å². The first-order valence-corrected chi connectivity index (χ1v) is 4.78. The maximum atomic E-state index is 11.4. The quantitative estimate of drug-likeness (QED) is 0.587. The summed E-state index contributed by atoms with van der Waals surface area (Å²) in [6.45, 7) is 2.37. The van der Waals surface area contributed by atoms with Crippen LogP contribution in [0, 0.1) is 0 Å². The first-order chi connectivity index (χ1) is 7.65. The Morgan fingerprint density at radius 2 is 2.12 bits per heavy atom. The van der Waals surface area contributed by atoms with Crippen LogP contribution in [0.4, 0.5) is 5.82 Å². The molecular weight excluding hydrogens is 214 g/mol. The van der Waals surface area contributed by atoms with Crippen molar-refractivity contribution in [2.45, 2.75) is 13.3 Å². The molecule has 4 N–H and O–H groups in total.